The van der Waals surface area contributed by atoms with Crippen molar-refractivity contribution in [3.05, 3.63) is 35.4 Å². The van der Waals surface area contributed by atoms with Gasteiger partial charge in [-0.3, -0.25) is 0 Å². The van der Waals surface area contributed by atoms with E-state index >= 15 is 0 Å². The summed E-state index contributed by atoms with van der Waals surface area (Å²) in [4.78, 5) is 0. The van der Waals surface area contributed by atoms with Crippen LogP contribution in [-0.2, 0) is 22.6 Å². The number of thiol groups is 1. The van der Waals surface area contributed by atoms with Crippen LogP contribution in [0.15, 0.2) is 18.2 Å². The molecule has 77 valence electrons. The lowest BCUT2D eigenvalue weighted by Crippen LogP contribution is -2.09. The summed E-state index contributed by atoms with van der Waals surface area (Å²) in [6, 6.07) is 5.53. The van der Waals surface area contributed by atoms with Gasteiger partial charge in [-0.05, 0) is 17.7 Å². The average molecular weight is 223 g/mol. The molecule has 0 saturated carbocycles. The molecule has 0 atom stereocenters. The van der Waals surface area contributed by atoms with Gasteiger partial charge in [0.1, 0.15) is 10.7 Å². The third kappa shape index (κ3) is 2.73. The Hall–Kier alpha value is -1.04. The van der Waals surface area contributed by atoms with Crippen molar-refractivity contribution in [3.63, 3.8) is 0 Å². The maximum Gasteiger partial charge on any atom is 0.416 e. The molecule has 1 aromatic rings. The Morgan fingerprint density at radius 1 is 1.36 bits per heavy atom. The largest absolute Gasteiger partial charge is 0.416 e. The molecule has 0 aliphatic carbocycles. The quantitative estimate of drug-likeness (QED) is 0.773. The minimum atomic E-state index is -4.53. The Balaban J connectivity index is 3.16. The van der Waals surface area contributed by atoms with Crippen LogP contribution in [0.5, 0.6) is 0 Å². The molecule has 0 spiro atoms. The number of alkyl halides is 3. The molecule has 1 rings (SSSR count). The van der Waals surface area contributed by atoms with Crippen molar-refractivity contribution in [2.75, 3.05) is 0 Å². The third-order valence-electron chi connectivity index (χ3n) is 1.53. The van der Waals surface area contributed by atoms with Crippen molar-refractivity contribution in [3.8, 4) is 0 Å². The highest BCUT2D eigenvalue weighted by molar-refractivity contribution is 7.71. The van der Waals surface area contributed by atoms with Crippen molar-refractivity contribution in [1.82, 2.24) is 0 Å². The van der Waals surface area contributed by atoms with Gasteiger partial charge in [-0.2, -0.15) is 13.2 Å². The van der Waals surface area contributed by atoms with Crippen LogP contribution in [0.2, 0.25) is 0 Å². The minimum absolute atomic E-state index is 0.337. The fourth-order valence-corrected chi connectivity index (χ4v) is 1.52. The standard InChI is InChI=1S/C8H6F3O2S/c9-8(10,11)7-4-2-1-3-6(7)5-14(12)13/h1-2,4,14H,5H2. The van der Waals surface area contributed by atoms with E-state index in [-0.39, 0.29) is 5.56 Å². The summed E-state index contributed by atoms with van der Waals surface area (Å²) in [6.45, 7) is 0. The molecule has 0 aliphatic heterocycles. The van der Waals surface area contributed by atoms with E-state index in [9.17, 15) is 21.6 Å². The second-order valence-electron chi connectivity index (χ2n) is 2.55. The van der Waals surface area contributed by atoms with E-state index in [1.807, 2.05) is 0 Å². The molecule has 0 heterocycles. The molecule has 0 aromatic heterocycles. The molecule has 6 heteroatoms. The minimum Gasteiger partial charge on any atom is -0.232 e. The molecule has 0 bridgehead atoms. The second-order valence-corrected chi connectivity index (χ2v) is 3.53. The Kier molecular flexibility index (Phi) is 3.15. The summed E-state index contributed by atoms with van der Waals surface area (Å²) in [5.41, 5.74) is -1.28. The number of halogens is 3. The summed E-state index contributed by atoms with van der Waals surface area (Å²) in [5.74, 6) is -0.634. The van der Waals surface area contributed by atoms with Crippen molar-refractivity contribution in [2.24, 2.45) is 0 Å². The van der Waals surface area contributed by atoms with Crippen LogP contribution in [0.25, 0.3) is 0 Å². The molecule has 0 N–H and O–H groups in total. The molecule has 14 heavy (non-hydrogen) atoms. The van der Waals surface area contributed by atoms with Gasteiger partial charge in [-0.15, -0.1) is 0 Å². The van der Waals surface area contributed by atoms with Crippen LogP contribution < -0.4 is 0 Å². The lowest BCUT2D eigenvalue weighted by atomic mass is 10.1. The SMILES string of the molecule is O=[SH](=O)Cc1[c]cccc1C(F)(F)F. The van der Waals surface area contributed by atoms with E-state index < -0.39 is 28.2 Å². The van der Waals surface area contributed by atoms with Gasteiger partial charge < -0.3 is 0 Å². The first-order valence-corrected chi connectivity index (χ1v) is 4.96. The van der Waals surface area contributed by atoms with Crippen LogP contribution in [0.3, 0.4) is 0 Å². The van der Waals surface area contributed by atoms with Gasteiger partial charge in [-0.25, -0.2) is 8.42 Å². The molecule has 0 amide bonds. The highest BCUT2D eigenvalue weighted by Crippen LogP contribution is 2.31. The van der Waals surface area contributed by atoms with Crippen molar-refractivity contribution >= 4 is 10.7 Å². The topological polar surface area (TPSA) is 34.1 Å². The summed E-state index contributed by atoms with van der Waals surface area (Å²) in [6.07, 6.45) is -4.53. The normalized spacial score (nSPS) is 12.0. The first kappa shape index (κ1) is 11.0. The smallest absolute Gasteiger partial charge is 0.232 e. The van der Waals surface area contributed by atoms with E-state index in [0.29, 0.717) is 0 Å². The Morgan fingerprint density at radius 3 is 2.50 bits per heavy atom. The molecule has 1 radical (unpaired) electrons. The molecule has 2 nitrogen and oxygen atoms in total. The van der Waals surface area contributed by atoms with Gasteiger partial charge in [0.25, 0.3) is 0 Å². The summed E-state index contributed by atoms with van der Waals surface area (Å²) < 4.78 is 57.4. The molecule has 0 unspecified atom stereocenters. The van der Waals surface area contributed by atoms with E-state index in [4.69, 9.17) is 0 Å². The van der Waals surface area contributed by atoms with Gasteiger partial charge in [0.05, 0.1) is 11.3 Å². The van der Waals surface area contributed by atoms with E-state index in [1.54, 1.807) is 0 Å². The predicted octanol–water partition coefficient (Wildman–Crippen LogP) is 1.62. The Bertz CT molecular complexity index is 388. The number of rotatable bonds is 2. The molecular formula is C8H6F3O2S. The number of hydrogen-bond donors (Lipinski definition) is 1. The van der Waals surface area contributed by atoms with Crippen LogP contribution in [0.4, 0.5) is 13.2 Å². The van der Waals surface area contributed by atoms with Crippen LogP contribution in [0.1, 0.15) is 11.1 Å². The van der Waals surface area contributed by atoms with Crippen molar-refractivity contribution in [2.45, 2.75) is 11.9 Å². The second kappa shape index (κ2) is 4.00. The Labute approximate surface area is 80.3 Å². The van der Waals surface area contributed by atoms with Crippen molar-refractivity contribution < 1.29 is 21.6 Å². The van der Waals surface area contributed by atoms with Crippen LogP contribution in [-0.4, -0.2) is 8.42 Å². The summed E-state index contributed by atoms with van der Waals surface area (Å²) in [5, 5.41) is 0. The zero-order valence-corrected chi connectivity index (χ0v) is 7.73. The van der Waals surface area contributed by atoms with Gasteiger partial charge in [0.15, 0.2) is 0 Å². The molecule has 1 aromatic carbocycles. The third-order valence-corrected chi connectivity index (χ3v) is 2.11. The highest BCUT2D eigenvalue weighted by atomic mass is 32.2. The fourth-order valence-electron chi connectivity index (χ4n) is 0.997. The first-order chi connectivity index (χ1) is 6.41. The Morgan fingerprint density at radius 2 is 2.00 bits per heavy atom. The zero-order chi connectivity index (χ0) is 10.8. The van der Waals surface area contributed by atoms with Crippen LogP contribution in [0, 0.1) is 6.07 Å². The zero-order valence-electron chi connectivity index (χ0n) is 6.84. The van der Waals surface area contributed by atoms with Gasteiger partial charge in [0, 0.05) is 0 Å². The molecule has 0 saturated heterocycles. The average Bonchev–Trinajstić information content (AvgIpc) is 2.01. The van der Waals surface area contributed by atoms with Gasteiger partial charge in [-0.1, -0.05) is 12.1 Å². The molecular weight excluding hydrogens is 217 g/mol. The monoisotopic (exact) mass is 223 g/mol. The fraction of sp³-hybridized carbons (Fsp3) is 0.250. The van der Waals surface area contributed by atoms with E-state index in [2.05, 4.69) is 6.07 Å². The summed E-state index contributed by atoms with van der Waals surface area (Å²) in [7, 11) is -2.87. The lowest BCUT2D eigenvalue weighted by molar-refractivity contribution is -0.138. The summed E-state index contributed by atoms with van der Waals surface area (Å²) >= 11 is 0. The predicted molar refractivity (Wildman–Crippen MR) is 44.3 cm³/mol. The number of hydrogen-bond acceptors (Lipinski definition) is 2. The highest BCUT2D eigenvalue weighted by Gasteiger charge is 2.32. The maximum atomic E-state index is 12.3. The molecule has 0 aliphatic rings. The molecule has 0 fully saturated rings. The number of benzene rings is 1. The van der Waals surface area contributed by atoms with Crippen LogP contribution >= 0.6 is 0 Å². The lowest BCUT2D eigenvalue weighted by Gasteiger charge is -2.09. The maximum absolute atomic E-state index is 12.3. The van der Waals surface area contributed by atoms with Gasteiger partial charge in [0.2, 0.25) is 0 Å². The van der Waals surface area contributed by atoms with Gasteiger partial charge >= 0.3 is 6.18 Å². The van der Waals surface area contributed by atoms with Crippen molar-refractivity contribution in [1.29, 1.82) is 0 Å². The van der Waals surface area contributed by atoms with E-state index in [0.717, 1.165) is 6.07 Å². The van der Waals surface area contributed by atoms with E-state index in [1.165, 1.54) is 12.1 Å². The first-order valence-electron chi connectivity index (χ1n) is 3.60.